The molecule has 1 aromatic rings. The first-order valence-electron chi connectivity index (χ1n) is 2.81. The van der Waals surface area contributed by atoms with Gasteiger partial charge in [0.1, 0.15) is 0 Å². The molecular formula is C5H4ClN5. The summed E-state index contributed by atoms with van der Waals surface area (Å²) in [5.74, 6) is 0. The second-order valence-corrected chi connectivity index (χ2v) is 2.04. The number of aromatic nitrogens is 2. The van der Waals surface area contributed by atoms with E-state index in [1.165, 1.54) is 12.4 Å². The summed E-state index contributed by atoms with van der Waals surface area (Å²) in [5.41, 5.74) is 8.48. The molecular weight excluding hydrogens is 166 g/mol. The fraction of sp³-hybridized carbons (Fsp3) is 0.200. The van der Waals surface area contributed by atoms with Crippen molar-refractivity contribution >= 4 is 11.6 Å². The molecule has 1 heterocycles. The predicted octanol–water partition coefficient (Wildman–Crippen LogP) is 1.94. The van der Waals surface area contributed by atoms with Crippen molar-refractivity contribution in [2.24, 2.45) is 5.11 Å². The van der Waals surface area contributed by atoms with Gasteiger partial charge in [-0.15, -0.1) is 0 Å². The van der Waals surface area contributed by atoms with Crippen molar-refractivity contribution in [3.63, 3.8) is 0 Å². The highest BCUT2D eigenvalue weighted by atomic mass is 35.5. The van der Waals surface area contributed by atoms with Crippen LogP contribution in [0.5, 0.6) is 0 Å². The first kappa shape index (κ1) is 7.78. The van der Waals surface area contributed by atoms with Gasteiger partial charge >= 0.3 is 0 Å². The van der Waals surface area contributed by atoms with Gasteiger partial charge < -0.3 is 0 Å². The monoisotopic (exact) mass is 169 g/mol. The number of nitrogens with zero attached hydrogens (tertiary/aromatic N) is 5. The van der Waals surface area contributed by atoms with Gasteiger partial charge in [-0.2, -0.15) is 0 Å². The molecule has 0 N–H and O–H groups in total. The van der Waals surface area contributed by atoms with E-state index >= 15 is 0 Å². The Morgan fingerprint density at radius 1 is 1.55 bits per heavy atom. The molecule has 0 spiro atoms. The van der Waals surface area contributed by atoms with E-state index in [1.807, 2.05) is 0 Å². The molecule has 0 bridgehead atoms. The second kappa shape index (κ2) is 3.75. The Hall–Kier alpha value is -1.32. The number of hydrogen-bond donors (Lipinski definition) is 0. The molecule has 0 unspecified atom stereocenters. The lowest BCUT2D eigenvalue weighted by Gasteiger charge is -1.94. The van der Waals surface area contributed by atoms with Crippen molar-refractivity contribution in [1.29, 1.82) is 0 Å². The minimum absolute atomic E-state index is 0.142. The Labute approximate surface area is 67.7 Å². The summed E-state index contributed by atoms with van der Waals surface area (Å²) < 4.78 is 0. The Morgan fingerprint density at radius 3 is 2.91 bits per heavy atom. The van der Waals surface area contributed by atoms with Crippen LogP contribution in [0, 0.1) is 0 Å². The fourth-order valence-electron chi connectivity index (χ4n) is 0.555. The van der Waals surface area contributed by atoms with Gasteiger partial charge in [-0.25, -0.2) is 4.98 Å². The van der Waals surface area contributed by atoms with E-state index in [1.54, 1.807) is 0 Å². The SMILES string of the molecule is [N-]=[N+]=NCc1nccnc1Cl. The van der Waals surface area contributed by atoms with E-state index in [-0.39, 0.29) is 11.7 Å². The summed E-state index contributed by atoms with van der Waals surface area (Å²) in [5, 5.41) is 3.57. The van der Waals surface area contributed by atoms with Gasteiger partial charge in [0.2, 0.25) is 0 Å². The highest BCUT2D eigenvalue weighted by molar-refractivity contribution is 6.29. The molecule has 0 aliphatic rings. The van der Waals surface area contributed by atoms with Crippen molar-refractivity contribution in [2.45, 2.75) is 6.54 Å². The summed E-state index contributed by atoms with van der Waals surface area (Å²) in [6.45, 7) is 0.142. The highest BCUT2D eigenvalue weighted by Crippen LogP contribution is 2.08. The molecule has 11 heavy (non-hydrogen) atoms. The summed E-state index contributed by atoms with van der Waals surface area (Å²) in [6.07, 6.45) is 2.97. The van der Waals surface area contributed by atoms with E-state index in [4.69, 9.17) is 17.1 Å². The van der Waals surface area contributed by atoms with Crippen molar-refractivity contribution < 1.29 is 0 Å². The molecule has 0 aliphatic heterocycles. The third-order valence-corrected chi connectivity index (χ3v) is 1.32. The molecule has 5 nitrogen and oxygen atoms in total. The van der Waals surface area contributed by atoms with Crippen LogP contribution in [0.2, 0.25) is 5.15 Å². The number of azide groups is 1. The second-order valence-electron chi connectivity index (χ2n) is 1.68. The van der Waals surface area contributed by atoms with Gasteiger partial charge in [-0.1, -0.05) is 16.7 Å². The minimum Gasteiger partial charge on any atom is -0.256 e. The van der Waals surface area contributed by atoms with Crippen LogP contribution in [-0.2, 0) is 6.54 Å². The average molecular weight is 170 g/mol. The minimum atomic E-state index is 0.142. The van der Waals surface area contributed by atoms with Gasteiger partial charge in [0.25, 0.3) is 0 Å². The summed E-state index contributed by atoms with van der Waals surface area (Å²) in [6, 6.07) is 0. The van der Waals surface area contributed by atoms with Crippen LogP contribution in [0.3, 0.4) is 0 Å². The van der Waals surface area contributed by atoms with Crippen LogP contribution in [0.4, 0.5) is 0 Å². The van der Waals surface area contributed by atoms with E-state index in [0.717, 1.165) is 0 Å². The highest BCUT2D eigenvalue weighted by Gasteiger charge is 1.98. The molecule has 56 valence electrons. The zero-order valence-electron chi connectivity index (χ0n) is 5.48. The third-order valence-electron chi connectivity index (χ3n) is 1.01. The lowest BCUT2D eigenvalue weighted by molar-refractivity contribution is 0.952. The van der Waals surface area contributed by atoms with Crippen molar-refractivity contribution in [2.75, 3.05) is 0 Å². The molecule has 0 saturated carbocycles. The fourth-order valence-corrected chi connectivity index (χ4v) is 0.719. The summed E-state index contributed by atoms with van der Waals surface area (Å²) in [7, 11) is 0. The van der Waals surface area contributed by atoms with Crippen molar-refractivity contribution in [3.8, 4) is 0 Å². The van der Waals surface area contributed by atoms with Crippen LogP contribution in [0.1, 0.15) is 5.69 Å². The van der Waals surface area contributed by atoms with Crippen molar-refractivity contribution in [1.82, 2.24) is 9.97 Å². The normalized spacial score (nSPS) is 8.82. The van der Waals surface area contributed by atoms with Gasteiger partial charge in [0.05, 0.1) is 12.2 Å². The third kappa shape index (κ3) is 2.07. The Kier molecular flexibility index (Phi) is 2.66. The summed E-state index contributed by atoms with van der Waals surface area (Å²) in [4.78, 5) is 10.2. The standard InChI is InChI=1S/C5H4ClN5/c6-5-4(3-10-11-7)8-1-2-9-5/h1-2H,3H2. The Balaban J connectivity index is 2.85. The molecule has 0 aliphatic carbocycles. The molecule has 6 heteroatoms. The molecule has 0 amide bonds. The molecule has 0 saturated heterocycles. The van der Waals surface area contributed by atoms with E-state index in [9.17, 15) is 0 Å². The Morgan fingerprint density at radius 2 is 2.27 bits per heavy atom. The van der Waals surface area contributed by atoms with Crippen molar-refractivity contribution in [3.05, 3.63) is 33.7 Å². The quantitative estimate of drug-likeness (QED) is 0.385. The molecule has 0 radical (unpaired) electrons. The Bertz CT molecular complexity index is 293. The number of hydrogen-bond acceptors (Lipinski definition) is 3. The first-order valence-corrected chi connectivity index (χ1v) is 3.18. The smallest absolute Gasteiger partial charge is 0.150 e. The lowest BCUT2D eigenvalue weighted by atomic mass is 10.5. The number of rotatable bonds is 2. The van der Waals surface area contributed by atoms with Gasteiger partial charge in [0, 0.05) is 17.3 Å². The van der Waals surface area contributed by atoms with Gasteiger partial charge in [-0.3, -0.25) is 4.98 Å². The lowest BCUT2D eigenvalue weighted by Crippen LogP contribution is -1.89. The maximum Gasteiger partial charge on any atom is 0.150 e. The average Bonchev–Trinajstić information content (AvgIpc) is 2.03. The van der Waals surface area contributed by atoms with Crippen LogP contribution >= 0.6 is 11.6 Å². The van der Waals surface area contributed by atoms with Gasteiger partial charge in [0.15, 0.2) is 5.15 Å². The maximum absolute atomic E-state index is 7.99. The van der Waals surface area contributed by atoms with Crippen LogP contribution < -0.4 is 0 Å². The van der Waals surface area contributed by atoms with Crippen LogP contribution in [0.15, 0.2) is 17.5 Å². The van der Waals surface area contributed by atoms with E-state index in [0.29, 0.717) is 5.69 Å². The molecule has 1 rings (SSSR count). The zero-order valence-corrected chi connectivity index (χ0v) is 6.23. The molecule has 0 atom stereocenters. The maximum atomic E-state index is 7.99. The van der Waals surface area contributed by atoms with E-state index in [2.05, 4.69) is 20.0 Å². The molecule has 0 aromatic carbocycles. The predicted molar refractivity (Wildman–Crippen MR) is 39.9 cm³/mol. The molecule has 1 aromatic heterocycles. The van der Waals surface area contributed by atoms with Gasteiger partial charge in [-0.05, 0) is 5.53 Å². The molecule has 0 fully saturated rings. The summed E-state index contributed by atoms with van der Waals surface area (Å²) >= 11 is 5.60. The van der Waals surface area contributed by atoms with Crippen LogP contribution in [0.25, 0.3) is 10.4 Å². The van der Waals surface area contributed by atoms with E-state index < -0.39 is 0 Å². The topological polar surface area (TPSA) is 74.5 Å². The first-order chi connectivity index (χ1) is 5.34. The number of halogens is 1. The largest absolute Gasteiger partial charge is 0.256 e. The zero-order chi connectivity index (χ0) is 8.10. The van der Waals surface area contributed by atoms with Crippen LogP contribution in [-0.4, -0.2) is 9.97 Å².